The van der Waals surface area contributed by atoms with Gasteiger partial charge >= 0.3 is 0 Å². The van der Waals surface area contributed by atoms with Gasteiger partial charge in [0.1, 0.15) is 5.75 Å². The lowest BCUT2D eigenvalue weighted by Gasteiger charge is -2.33. The lowest BCUT2D eigenvalue weighted by molar-refractivity contribution is 0.0983. The molecule has 0 aromatic heterocycles. The van der Waals surface area contributed by atoms with Gasteiger partial charge in [0.25, 0.3) is 5.91 Å². The number of fused-ring (bicyclic) bond motifs is 1. The number of amides is 1. The van der Waals surface area contributed by atoms with Crippen LogP contribution in [0.4, 0.5) is 5.69 Å². The Morgan fingerprint density at radius 3 is 2.65 bits per heavy atom. The van der Waals surface area contributed by atoms with Gasteiger partial charge in [0, 0.05) is 24.7 Å². The molecule has 31 heavy (non-hydrogen) atoms. The van der Waals surface area contributed by atoms with Crippen LogP contribution in [0.5, 0.6) is 5.75 Å². The van der Waals surface area contributed by atoms with Crippen LogP contribution in [0, 0.1) is 6.92 Å². The molecule has 0 radical (unpaired) electrons. The summed E-state index contributed by atoms with van der Waals surface area (Å²) in [4.78, 5) is 15.6. The van der Waals surface area contributed by atoms with E-state index < -0.39 is 10.0 Å². The summed E-state index contributed by atoms with van der Waals surface area (Å²) in [6.45, 7) is 4.90. The normalized spacial score (nSPS) is 19.7. The van der Waals surface area contributed by atoms with Gasteiger partial charge in [0.15, 0.2) is 0 Å². The summed E-state index contributed by atoms with van der Waals surface area (Å²) in [6.07, 6.45) is 4.51. The maximum Gasteiger partial charge on any atom is 0.258 e. The number of piperidine rings is 1. The second-order valence-corrected chi connectivity index (χ2v) is 10.4. The Kier molecular flexibility index (Phi) is 6.08. The standard InChI is InChI=1S/C24H30N2O4S/c1-17-12-13-20(31(28,29)26-15-5-4-8-18(26)2)16-21(17)24(27)25-14-7-10-19-9-6-11-22(30-3)23(19)25/h6,9,11-13,16,18H,4-5,7-8,10,14-15H2,1-3H3. The van der Waals surface area contributed by atoms with Crippen molar-refractivity contribution in [3.8, 4) is 5.75 Å². The van der Waals surface area contributed by atoms with Gasteiger partial charge in [-0.05, 0) is 68.9 Å². The number of para-hydroxylation sites is 1. The molecular formula is C24H30N2O4S. The molecule has 0 aliphatic carbocycles. The average Bonchev–Trinajstić information content (AvgIpc) is 2.78. The number of methoxy groups -OCH3 is 1. The minimum atomic E-state index is -3.65. The van der Waals surface area contributed by atoms with Gasteiger partial charge in [-0.3, -0.25) is 4.79 Å². The first-order valence-electron chi connectivity index (χ1n) is 10.9. The van der Waals surface area contributed by atoms with E-state index in [0.717, 1.165) is 48.9 Å². The largest absolute Gasteiger partial charge is 0.495 e. The molecule has 166 valence electrons. The summed E-state index contributed by atoms with van der Waals surface area (Å²) in [5.41, 5.74) is 3.04. The molecule has 0 N–H and O–H groups in total. The van der Waals surface area contributed by atoms with E-state index in [-0.39, 0.29) is 16.8 Å². The number of sulfonamides is 1. The number of ether oxygens (including phenoxy) is 1. The Bertz CT molecular complexity index is 1080. The minimum absolute atomic E-state index is 0.0302. The first-order chi connectivity index (χ1) is 14.8. The third kappa shape index (κ3) is 3.96. The zero-order valence-corrected chi connectivity index (χ0v) is 19.2. The van der Waals surface area contributed by atoms with Crippen molar-refractivity contribution in [3.05, 3.63) is 53.1 Å². The molecule has 2 aliphatic rings. The molecule has 0 saturated carbocycles. The number of benzene rings is 2. The maximum atomic E-state index is 13.6. The molecule has 2 aliphatic heterocycles. The highest BCUT2D eigenvalue weighted by molar-refractivity contribution is 7.89. The van der Waals surface area contributed by atoms with Crippen LogP contribution in [0.2, 0.25) is 0 Å². The molecule has 0 spiro atoms. The van der Waals surface area contributed by atoms with E-state index in [2.05, 4.69) is 0 Å². The summed E-state index contributed by atoms with van der Waals surface area (Å²) < 4.78 is 33.8. The monoisotopic (exact) mass is 442 g/mol. The number of carbonyl (C=O) groups is 1. The van der Waals surface area contributed by atoms with Crippen LogP contribution < -0.4 is 9.64 Å². The molecular weight excluding hydrogens is 412 g/mol. The smallest absolute Gasteiger partial charge is 0.258 e. The highest BCUT2D eigenvalue weighted by Crippen LogP contribution is 2.37. The van der Waals surface area contributed by atoms with E-state index in [1.807, 2.05) is 32.0 Å². The van der Waals surface area contributed by atoms with Gasteiger partial charge in [-0.15, -0.1) is 0 Å². The highest BCUT2D eigenvalue weighted by atomic mass is 32.2. The zero-order valence-electron chi connectivity index (χ0n) is 18.4. The molecule has 7 heteroatoms. The van der Waals surface area contributed by atoms with Crippen molar-refractivity contribution < 1.29 is 17.9 Å². The molecule has 6 nitrogen and oxygen atoms in total. The molecule has 0 bridgehead atoms. The fourth-order valence-corrected chi connectivity index (χ4v) is 6.41. The molecule has 2 aromatic rings. The van der Waals surface area contributed by atoms with Crippen molar-refractivity contribution in [3.63, 3.8) is 0 Å². The van der Waals surface area contributed by atoms with Crippen LogP contribution in [0.3, 0.4) is 0 Å². The van der Waals surface area contributed by atoms with Gasteiger partial charge in [0.05, 0.1) is 17.7 Å². The fraction of sp³-hybridized carbons (Fsp3) is 0.458. The van der Waals surface area contributed by atoms with E-state index in [9.17, 15) is 13.2 Å². The second kappa shape index (κ2) is 8.63. The lowest BCUT2D eigenvalue weighted by atomic mass is 9.99. The third-order valence-electron chi connectivity index (χ3n) is 6.43. The van der Waals surface area contributed by atoms with Crippen LogP contribution in [0.25, 0.3) is 0 Å². The minimum Gasteiger partial charge on any atom is -0.495 e. The van der Waals surface area contributed by atoms with Crippen LogP contribution in [0.15, 0.2) is 41.3 Å². The van der Waals surface area contributed by atoms with Crippen molar-refractivity contribution in [2.24, 2.45) is 0 Å². The van der Waals surface area contributed by atoms with Gasteiger partial charge < -0.3 is 9.64 Å². The Hall–Kier alpha value is -2.38. The quantitative estimate of drug-likeness (QED) is 0.713. The van der Waals surface area contributed by atoms with E-state index >= 15 is 0 Å². The van der Waals surface area contributed by atoms with Gasteiger partial charge in [-0.1, -0.05) is 24.6 Å². The zero-order chi connectivity index (χ0) is 22.2. The van der Waals surface area contributed by atoms with Crippen LogP contribution in [0.1, 0.15) is 54.1 Å². The molecule has 1 fully saturated rings. The van der Waals surface area contributed by atoms with E-state index in [0.29, 0.717) is 24.4 Å². The highest BCUT2D eigenvalue weighted by Gasteiger charge is 2.33. The van der Waals surface area contributed by atoms with Gasteiger partial charge in [0.2, 0.25) is 10.0 Å². The van der Waals surface area contributed by atoms with Crippen LogP contribution in [-0.2, 0) is 16.4 Å². The lowest BCUT2D eigenvalue weighted by Crippen LogP contribution is -2.42. The molecule has 2 aromatic carbocycles. The topological polar surface area (TPSA) is 66.9 Å². The van der Waals surface area contributed by atoms with E-state index in [1.165, 1.54) is 0 Å². The predicted octanol–water partition coefficient (Wildman–Crippen LogP) is 4.16. The van der Waals surface area contributed by atoms with Crippen molar-refractivity contribution in [1.29, 1.82) is 0 Å². The number of nitrogens with zero attached hydrogens (tertiary/aromatic N) is 2. The maximum absolute atomic E-state index is 13.6. The van der Waals surface area contributed by atoms with Crippen LogP contribution in [-0.4, -0.2) is 44.9 Å². The average molecular weight is 443 g/mol. The summed E-state index contributed by atoms with van der Waals surface area (Å²) >= 11 is 0. The first kappa shape index (κ1) is 21.8. The Morgan fingerprint density at radius 2 is 1.90 bits per heavy atom. The Balaban J connectivity index is 1.73. The Morgan fingerprint density at radius 1 is 1.10 bits per heavy atom. The SMILES string of the molecule is COc1cccc2c1N(C(=O)c1cc(S(=O)(=O)N3CCCCC3C)ccc1C)CCC2. The molecule has 1 amide bonds. The number of carbonyl (C=O) groups excluding carboxylic acids is 1. The third-order valence-corrected chi connectivity index (χ3v) is 8.44. The van der Waals surface area contributed by atoms with Crippen LogP contribution >= 0.6 is 0 Å². The Labute approximate surface area is 184 Å². The van der Waals surface area contributed by atoms with Gasteiger partial charge in [-0.2, -0.15) is 4.31 Å². The van der Waals surface area contributed by atoms with Gasteiger partial charge in [-0.25, -0.2) is 8.42 Å². The molecule has 1 atom stereocenters. The first-order valence-corrected chi connectivity index (χ1v) is 12.4. The van der Waals surface area contributed by atoms with E-state index in [4.69, 9.17) is 4.74 Å². The summed E-state index contributed by atoms with van der Waals surface area (Å²) in [5.74, 6) is 0.473. The summed E-state index contributed by atoms with van der Waals surface area (Å²) in [6, 6.07) is 10.7. The van der Waals surface area contributed by atoms with Crippen molar-refractivity contribution in [2.45, 2.75) is 56.9 Å². The van der Waals surface area contributed by atoms with Crippen molar-refractivity contribution >= 4 is 21.6 Å². The number of anilines is 1. The molecule has 2 heterocycles. The van der Waals surface area contributed by atoms with Crippen molar-refractivity contribution in [2.75, 3.05) is 25.1 Å². The summed E-state index contributed by atoms with van der Waals surface area (Å²) in [7, 11) is -2.05. The number of rotatable bonds is 4. The number of aryl methyl sites for hydroxylation is 2. The summed E-state index contributed by atoms with van der Waals surface area (Å²) in [5, 5.41) is 0. The number of hydrogen-bond donors (Lipinski definition) is 0. The number of hydrogen-bond acceptors (Lipinski definition) is 4. The predicted molar refractivity (Wildman–Crippen MR) is 121 cm³/mol. The fourth-order valence-electron chi connectivity index (χ4n) is 4.68. The van der Waals surface area contributed by atoms with Crippen molar-refractivity contribution in [1.82, 2.24) is 4.31 Å². The molecule has 1 saturated heterocycles. The second-order valence-electron chi connectivity index (χ2n) is 8.47. The molecule has 4 rings (SSSR count). The van der Waals surface area contributed by atoms with E-state index in [1.54, 1.807) is 34.5 Å². The molecule has 1 unspecified atom stereocenters.